The van der Waals surface area contributed by atoms with Gasteiger partial charge in [-0.1, -0.05) is 0 Å². The van der Waals surface area contributed by atoms with Gasteiger partial charge in [-0.2, -0.15) is 0 Å². The molecule has 0 radical (unpaired) electrons. The molecule has 0 aliphatic heterocycles. The zero-order valence-electron chi connectivity index (χ0n) is 46.1. The fourth-order valence-electron chi connectivity index (χ4n) is 12.1. The van der Waals surface area contributed by atoms with Crippen LogP contribution in [0.3, 0.4) is 0 Å². The van der Waals surface area contributed by atoms with Crippen LogP contribution < -0.4 is 0 Å². The van der Waals surface area contributed by atoms with Crippen molar-refractivity contribution in [2.75, 3.05) is 26.4 Å². The molecule has 0 atom stereocenters. The number of hydrogen-bond donors (Lipinski definition) is 4. The summed E-state index contributed by atoms with van der Waals surface area (Å²) in [6, 6.07) is 68.6. The van der Waals surface area contributed by atoms with Crippen LogP contribution in [-0.4, -0.2) is 84.4 Å². The molecule has 0 amide bonds. The molecule has 0 aromatic heterocycles. The summed E-state index contributed by atoms with van der Waals surface area (Å²) in [5.41, 5.74) is 6.87. The van der Waals surface area contributed by atoms with Gasteiger partial charge in [-0.05, 0) is 0 Å². The minimum Gasteiger partial charge on any atom is -0.396 e. The van der Waals surface area contributed by atoms with Gasteiger partial charge in [-0.3, -0.25) is 0 Å². The van der Waals surface area contributed by atoms with E-state index in [9.17, 15) is 1.41 Å². The Labute approximate surface area is 445 Å². The van der Waals surface area contributed by atoms with Crippen molar-refractivity contribution in [3.8, 4) is 0 Å². The van der Waals surface area contributed by atoms with Crippen LogP contribution in [0.5, 0.6) is 0 Å². The van der Waals surface area contributed by atoms with Gasteiger partial charge >= 0.3 is 397 Å². The fourth-order valence-corrected chi connectivity index (χ4v) is 75.1. The van der Waals surface area contributed by atoms with Gasteiger partial charge in [0.15, 0.2) is 0 Å². The van der Waals surface area contributed by atoms with Crippen molar-refractivity contribution in [2.45, 2.75) is 142 Å². The Balaban J connectivity index is 0.000000973. The smallest absolute Gasteiger partial charge is 0.0627 e. The molecular weight excluding hydrogens is 1100 g/mol. The third-order valence-corrected chi connectivity index (χ3v) is 60.9. The van der Waals surface area contributed by atoms with E-state index >= 15 is 0 Å². The van der Waals surface area contributed by atoms with E-state index in [1.807, 2.05) is 0 Å². The molecule has 0 unspecified atom stereocenters. The van der Waals surface area contributed by atoms with Gasteiger partial charge in [-0.15, -0.1) is 0 Å². The molecule has 388 valence electrons. The van der Waals surface area contributed by atoms with Gasteiger partial charge in [-0.25, -0.2) is 0 Å². The molecule has 7 heteroatoms. The first-order valence-electron chi connectivity index (χ1n) is 26.3. The molecule has 0 saturated carbocycles. The second-order valence-corrected chi connectivity index (χ2v) is 49.2. The Kier molecular flexibility index (Phi) is 20.7. The summed E-state index contributed by atoms with van der Waals surface area (Å²) < 4.78 is 16.1. The van der Waals surface area contributed by atoms with Crippen molar-refractivity contribution in [1.82, 2.24) is 0 Å². The topological polar surface area (TPSA) is 90.2 Å². The summed E-state index contributed by atoms with van der Waals surface area (Å²) in [6.07, 6.45) is 0. The predicted molar refractivity (Wildman–Crippen MR) is 309 cm³/mol. The maximum absolute atomic E-state index is 9.39. The van der Waals surface area contributed by atoms with Crippen LogP contribution >= 0.6 is 0 Å². The monoisotopic (exact) mass is 1190 g/mol. The molecule has 6 aromatic carbocycles. The number of benzene rings is 6. The summed E-state index contributed by atoms with van der Waals surface area (Å²) in [5, 5.41) is 34.0. The summed E-state index contributed by atoms with van der Waals surface area (Å²) in [6.45, 7) is 28.8. The minimum absolute atomic E-state index is 0.0900. The van der Waals surface area contributed by atoms with Crippen molar-refractivity contribution in [1.29, 1.82) is 0 Å². The Morgan fingerprint density at radius 1 is 0.264 bits per heavy atom. The van der Waals surface area contributed by atoms with E-state index in [1.54, 1.807) is 0 Å². The number of aliphatic hydroxyl groups is 4. The van der Waals surface area contributed by atoms with Gasteiger partial charge in [0.1, 0.15) is 0 Å². The van der Waals surface area contributed by atoms with E-state index in [0.717, 1.165) is 26.6 Å². The van der Waals surface area contributed by atoms with E-state index in [1.165, 1.54) is 33.4 Å². The molecule has 0 bridgehead atoms. The van der Waals surface area contributed by atoms with Gasteiger partial charge in [0.05, 0.1) is 31.8 Å². The Morgan fingerprint density at radius 2 is 0.403 bits per heavy atom. The zero-order chi connectivity index (χ0) is 53.0. The molecule has 6 aromatic rings. The van der Waals surface area contributed by atoms with Crippen LogP contribution in [0.25, 0.3) is 0 Å². The molecule has 4 N–H and O–H groups in total. The molecular formula is C65H90O5Sn2. The average molecular weight is 1190 g/mol. The third-order valence-electron chi connectivity index (χ3n) is 15.7. The Bertz CT molecular complexity index is 2040. The second kappa shape index (κ2) is 25.0. The fraction of sp³-hybridized carbons (Fsp3) is 0.446. The van der Waals surface area contributed by atoms with Crippen LogP contribution in [0.1, 0.15) is 116 Å². The molecule has 0 heterocycles. The van der Waals surface area contributed by atoms with Crippen LogP contribution in [0.15, 0.2) is 182 Å². The van der Waals surface area contributed by atoms with Crippen molar-refractivity contribution in [2.24, 2.45) is 5.41 Å². The number of rotatable bonds is 24. The standard InChI is InChI=1S/6C10H13.C5H12O4.O.2Sn/c6*1-10(2,3)9-7-5-4-6-8-9;6-1-5(2-7,3-8)4-9;;;/h6*4-8H,1H2,2-3H3;6-9H,1-4H2;;;. The van der Waals surface area contributed by atoms with Crippen LogP contribution in [0, 0.1) is 5.41 Å². The van der Waals surface area contributed by atoms with Gasteiger partial charge in [0.25, 0.3) is 0 Å². The normalized spacial score (nSPS) is 13.3. The molecule has 6 rings (SSSR count). The van der Waals surface area contributed by atoms with E-state index < -0.39 is 69.4 Å². The molecule has 0 saturated heterocycles. The second-order valence-electron chi connectivity index (χ2n) is 25.2. The maximum atomic E-state index is 9.39. The molecule has 5 nitrogen and oxygen atoms in total. The van der Waals surface area contributed by atoms with Crippen LogP contribution in [0.2, 0.25) is 26.6 Å². The molecule has 0 aliphatic carbocycles. The first-order valence-corrected chi connectivity index (χ1v) is 40.7. The molecule has 0 fully saturated rings. The maximum Gasteiger partial charge on any atom is 0.0627 e. The first-order chi connectivity index (χ1) is 33.8. The minimum atomic E-state index is -4.11. The van der Waals surface area contributed by atoms with E-state index in [4.69, 9.17) is 20.4 Å². The van der Waals surface area contributed by atoms with Gasteiger partial charge in [0.2, 0.25) is 0 Å². The van der Waals surface area contributed by atoms with Crippen molar-refractivity contribution in [3.05, 3.63) is 215 Å². The SMILES string of the molecule is CC(C)([CH2][Sn]([CH2]C(C)(C)c1ccccc1)([CH2]C(C)(C)c1ccccc1)[O][Sn]([CH2]C(C)(C)c1ccccc1)([CH2]C(C)(C)c1ccccc1)[CH2]C(C)(C)c1ccccc1)c1ccccc1.OCC(CO)(CO)CO. The molecule has 0 spiro atoms. The summed E-state index contributed by atoms with van der Waals surface area (Å²) in [4.78, 5) is 0. The number of hydrogen-bond acceptors (Lipinski definition) is 5. The van der Waals surface area contributed by atoms with Gasteiger partial charge < -0.3 is 20.4 Å². The third kappa shape index (κ3) is 15.9. The summed E-state index contributed by atoms with van der Waals surface area (Å²) in [5.74, 6) is 0. The van der Waals surface area contributed by atoms with Crippen LogP contribution in [-0.2, 0) is 33.9 Å². The molecule has 72 heavy (non-hydrogen) atoms. The zero-order valence-corrected chi connectivity index (χ0v) is 51.8. The van der Waals surface area contributed by atoms with E-state index in [0.29, 0.717) is 0 Å². The summed E-state index contributed by atoms with van der Waals surface area (Å²) >= 11 is -8.23. The predicted octanol–water partition coefficient (Wildman–Crippen LogP) is 14.7. The van der Waals surface area contributed by atoms with E-state index in [-0.39, 0.29) is 32.5 Å². The summed E-state index contributed by atoms with van der Waals surface area (Å²) in [7, 11) is 0. The Morgan fingerprint density at radius 3 is 0.514 bits per heavy atom. The van der Waals surface area contributed by atoms with E-state index in [2.05, 4.69) is 265 Å². The Hall–Kier alpha value is -3.28. The van der Waals surface area contributed by atoms with Crippen molar-refractivity contribution >= 4 is 37.6 Å². The van der Waals surface area contributed by atoms with Crippen molar-refractivity contribution in [3.63, 3.8) is 0 Å². The quantitative estimate of drug-likeness (QED) is 0.0454. The van der Waals surface area contributed by atoms with Crippen molar-refractivity contribution < 1.29 is 21.8 Å². The number of aliphatic hydroxyl groups excluding tert-OH is 4. The van der Waals surface area contributed by atoms with Crippen LogP contribution in [0.4, 0.5) is 0 Å². The molecule has 0 aliphatic rings. The van der Waals surface area contributed by atoms with Gasteiger partial charge in [0, 0.05) is 0 Å². The largest absolute Gasteiger partial charge is 0.396 e. The average Bonchev–Trinajstić information content (AvgIpc) is 3.35. The first kappa shape index (κ1) is 59.6.